The van der Waals surface area contributed by atoms with Crippen molar-refractivity contribution in [2.75, 3.05) is 13.1 Å². The van der Waals surface area contributed by atoms with Crippen molar-refractivity contribution in [2.24, 2.45) is 4.99 Å². The van der Waals surface area contributed by atoms with Gasteiger partial charge in [0.25, 0.3) is 0 Å². The van der Waals surface area contributed by atoms with E-state index in [0.717, 1.165) is 44.1 Å². The molecule has 1 aromatic heterocycles. The second kappa shape index (κ2) is 8.25. The minimum absolute atomic E-state index is 0.0179. The molecule has 6 heteroatoms. The molecular weight excluding hydrogens is 350 g/mol. The first-order valence-corrected chi connectivity index (χ1v) is 10.5. The number of benzene rings is 1. The number of rotatable bonds is 5. The van der Waals surface area contributed by atoms with Gasteiger partial charge < -0.3 is 15.4 Å². The van der Waals surface area contributed by atoms with Crippen LogP contribution in [-0.4, -0.2) is 34.4 Å². The number of aromatic nitrogens is 2. The maximum Gasteiger partial charge on any atom is 0.191 e. The monoisotopic (exact) mass is 381 g/mol. The molecule has 0 bridgehead atoms. The number of aryl methyl sites for hydroxylation is 1. The van der Waals surface area contributed by atoms with Crippen molar-refractivity contribution in [3.05, 3.63) is 47.8 Å². The molecule has 0 radical (unpaired) electrons. The van der Waals surface area contributed by atoms with Gasteiger partial charge in [-0.25, -0.2) is 0 Å². The van der Waals surface area contributed by atoms with Crippen LogP contribution in [0.4, 0.5) is 0 Å². The molecule has 1 saturated carbocycles. The fourth-order valence-electron chi connectivity index (χ4n) is 4.41. The molecule has 1 fully saturated rings. The van der Waals surface area contributed by atoms with Gasteiger partial charge in [-0.15, -0.1) is 0 Å². The fourth-order valence-corrected chi connectivity index (χ4v) is 4.41. The molecular formula is C22H31N5O. The van der Waals surface area contributed by atoms with Crippen LogP contribution in [0.5, 0.6) is 5.75 Å². The Morgan fingerprint density at radius 1 is 1.32 bits per heavy atom. The van der Waals surface area contributed by atoms with Gasteiger partial charge in [-0.2, -0.15) is 5.10 Å². The zero-order valence-electron chi connectivity index (χ0n) is 16.9. The summed E-state index contributed by atoms with van der Waals surface area (Å²) >= 11 is 0. The molecule has 1 aliphatic carbocycles. The highest BCUT2D eigenvalue weighted by atomic mass is 16.5. The van der Waals surface area contributed by atoms with E-state index in [-0.39, 0.29) is 11.6 Å². The lowest BCUT2D eigenvalue weighted by Crippen LogP contribution is -2.46. The number of fused-ring (bicyclic) bond motifs is 1. The number of para-hydroxylation sites is 1. The van der Waals surface area contributed by atoms with Crippen molar-refractivity contribution < 1.29 is 4.74 Å². The minimum Gasteiger partial charge on any atom is -0.487 e. The van der Waals surface area contributed by atoms with Crippen LogP contribution >= 0.6 is 0 Å². The molecule has 150 valence electrons. The third-order valence-corrected chi connectivity index (χ3v) is 5.73. The summed E-state index contributed by atoms with van der Waals surface area (Å²) in [4.78, 5) is 4.79. The van der Waals surface area contributed by atoms with E-state index in [2.05, 4.69) is 60.0 Å². The standard InChI is InChI=1S/C22H31N5O/c1-3-23-21(24-12-13-27-16-17(2)15-25-27)26-19-14-22(10-6-7-11-22)28-20-9-5-4-8-18(19)20/h4-5,8-9,15-16,19H,3,6-7,10-14H2,1-2H3,(H2,23,24,26). The molecule has 1 atom stereocenters. The van der Waals surface area contributed by atoms with Crippen LogP contribution in [-0.2, 0) is 6.54 Å². The SMILES string of the molecule is CCNC(=NCCn1cc(C)cn1)NC1CC2(CCCC2)Oc2ccccc21. The fraction of sp³-hybridized carbons (Fsp3) is 0.545. The Morgan fingerprint density at radius 3 is 2.89 bits per heavy atom. The zero-order chi connectivity index (χ0) is 19.4. The van der Waals surface area contributed by atoms with Crippen molar-refractivity contribution in [1.29, 1.82) is 0 Å². The van der Waals surface area contributed by atoms with Gasteiger partial charge in [0.1, 0.15) is 11.4 Å². The van der Waals surface area contributed by atoms with Gasteiger partial charge in [-0.3, -0.25) is 9.67 Å². The second-order valence-corrected chi connectivity index (χ2v) is 7.97. The van der Waals surface area contributed by atoms with Crippen molar-refractivity contribution >= 4 is 5.96 Å². The molecule has 2 heterocycles. The van der Waals surface area contributed by atoms with E-state index in [1.54, 1.807) is 0 Å². The highest BCUT2D eigenvalue weighted by molar-refractivity contribution is 5.80. The van der Waals surface area contributed by atoms with Gasteiger partial charge in [-0.1, -0.05) is 18.2 Å². The van der Waals surface area contributed by atoms with Gasteiger partial charge in [0.2, 0.25) is 0 Å². The van der Waals surface area contributed by atoms with Crippen LogP contribution in [0.15, 0.2) is 41.7 Å². The summed E-state index contributed by atoms with van der Waals surface area (Å²) in [6.07, 6.45) is 9.73. The molecule has 1 aliphatic heterocycles. The summed E-state index contributed by atoms with van der Waals surface area (Å²) < 4.78 is 8.43. The third-order valence-electron chi connectivity index (χ3n) is 5.73. The number of ether oxygens (including phenoxy) is 1. The summed E-state index contributed by atoms with van der Waals surface area (Å²) in [5.41, 5.74) is 2.39. The average molecular weight is 382 g/mol. The maximum absolute atomic E-state index is 6.48. The Balaban J connectivity index is 1.49. The van der Waals surface area contributed by atoms with Gasteiger partial charge in [0, 0.05) is 24.7 Å². The number of nitrogens with one attached hydrogen (secondary N) is 2. The van der Waals surface area contributed by atoms with Gasteiger partial charge in [-0.05, 0) is 51.2 Å². The highest BCUT2D eigenvalue weighted by Crippen LogP contribution is 2.46. The topological polar surface area (TPSA) is 63.5 Å². The summed E-state index contributed by atoms with van der Waals surface area (Å²) in [5, 5.41) is 11.4. The van der Waals surface area contributed by atoms with Crippen LogP contribution in [0.3, 0.4) is 0 Å². The maximum atomic E-state index is 6.48. The van der Waals surface area contributed by atoms with Gasteiger partial charge in [0.05, 0.1) is 25.3 Å². The quantitative estimate of drug-likeness (QED) is 0.614. The van der Waals surface area contributed by atoms with Crippen molar-refractivity contribution in [3.63, 3.8) is 0 Å². The number of nitrogens with zero attached hydrogens (tertiary/aromatic N) is 3. The molecule has 4 rings (SSSR count). The Labute approximate surface area is 167 Å². The Bertz CT molecular complexity index is 822. The molecule has 1 unspecified atom stereocenters. The van der Waals surface area contributed by atoms with E-state index in [9.17, 15) is 0 Å². The molecule has 2 N–H and O–H groups in total. The molecule has 6 nitrogen and oxygen atoms in total. The summed E-state index contributed by atoms with van der Waals surface area (Å²) in [7, 11) is 0. The van der Waals surface area contributed by atoms with Crippen LogP contribution in [0.1, 0.15) is 56.2 Å². The molecule has 2 aromatic rings. The second-order valence-electron chi connectivity index (χ2n) is 7.97. The van der Waals surface area contributed by atoms with E-state index in [4.69, 9.17) is 9.73 Å². The smallest absolute Gasteiger partial charge is 0.191 e. The first-order chi connectivity index (χ1) is 13.7. The molecule has 0 amide bonds. The summed E-state index contributed by atoms with van der Waals surface area (Å²) in [6, 6.07) is 8.65. The average Bonchev–Trinajstić information content (AvgIpc) is 3.31. The van der Waals surface area contributed by atoms with E-state index in [1.165, 1.54) is 24.0 Å². The number of hydrogen-bond acceptors (Lipinski definition) is 3. The third kappa shape index (κ3) is 4.16. The highest BCUT2D eigenvalue weighted by Gasteiger charge is 2.43. The van der Waals surface area contributed by atoms with Gasteiger partial charge >= 0.3 is 0 Å². The molecule has 1 spiro atoms. The first-order valence-electron chi connectivity index (χ1n) is 10.5. The number of guanidine groups is 1. The molecule has 2 aliphatic rings. The lowest BCUT2D eigenvalue weighted by Gasteiger charge is -2.40. The lowest BCUT2D eigenvalue weighted by atomic mass is 9.86. The minimum atomic E-state index is -0.0179. The summed E-state index contributed by atoms with van der Waals surface area (Å²) in [5.74, 6) is 1.89. The lowest BCUT2D eigenvalue weighted by molar-refractivity contribution is 0.0396. The molecule has 1 aromatic carbocycles. The van der Waals surface area contributed by atoms with Crippen LogP contribution in [0.25, 0.3) is 0 Å². The van der Waals surface area contributed by atoms with E-state index >= 15 is 0 Å². The van der Waals surface area contributed by atoms with Crippen LogP contribution in [0, 0.1) is 6.92 Å². The van der Waals surface area contributed by atoms with E-state index in [1.807, 2.05) is 10.9 Å². The summed E-state index contributed by atoms with van der Waals surface area (Å²) in [6.45, 7) is 6.46. The normalized spacial score (nSPS) is 20.6. The van der Waals surface area contributed by atoms with Crippen molar-refractivity contribution in [3.8, 4) is 5.75 Å². The largest absolute Gasteiger partial charge is 0.487 e. The van der Waals surface area contributed by atoms with Crippen LogP contribution in [0.2, 0.25) is 0 Å². The molecule has 28 heavy (non-hydrogen) atoms. The van der Waals surface area contributed by atoms with Crippen molar-refractivity contribution in [2.45, 2.75) is 64.1 Å². The van der Waals surface area contributed by atoms with Crippen LogP contribution < -0.4 is 15.4 Å². The van der Waals surface area contributed by atoms with Crippen molar-refractivity contribution in [1.82, 2.24) is 20.4 Å². The van der Waals surface area contributed by atoms with Gasteiger partial charge in [0.15, 0.2) is 5.96 Å². The molecule has 0 saturated heterocycles. The zero-order valence-corrected chi connectivity index (χ0v) is 16.9. The Hall–Kier alpha value is -2.50. The predicted octanol–water partition coefficient (Wildman–Crippen LogP) is 3.58. The van der Waals surface area contributed by atoms with E-state index < -0.39 is 0 Å². The Morgan fingerprint density at radius 2 is 2.14 bits per heavy atom. The Kier molecular flexibility index (Phi) is 5.55. The predicted molar refractivity (Wildman–Crippen MR) is 112 cm³/mol. The van der Waals surface area contributed by atoms with E-state index in [0.29, 0.717) is 6.54 Å². The number of hydrogen-bond donors (Lipinski definition) is 2. The number of aliphatic imine (C=N–C) groups is 1. The first kappa shape index (κ1) is 18.8.